The first-order valence-corrected chi connectivity index (χ1v) is 4.98. The first kappa shape index (κ1) is 10.1. The zero-order valence-corrected chi connectivity index (χ0v) is 7.91. The maximum absolute atomic E-state index is 10.3. The molecule has 0 aromatic heterocycles. The highest BCUT2D eigenvalue weighted by atomic mass is 28.3. The van der Waals surface area contributed by atoms with Crippen LogP contribution in [0.2, 0.25) is 0 Å². The number of benzene rings is 1. The molecule has 0 atom stereocenters. The molecule has 0 saturated heterocycles. The smallest absolute Gasteiger partial charge is 0.284 e. The van der Waals surface area contributed by atoms with Gasteiger partial charge in [0.1, 0.15) is 0 Å². The Morgan fingerprint density at radius 2 is 1.57 bits per heavy atom. The SMILES string of the molecule is O=[N+]([O-])[Si](Nc1ccccc1)[N+](=O)[O-]. The van der Waals surface area contributed by atoms with E-state index in [9.17, 15) is 20.2 Å². The molecular formula is C6H6N3O4Si. The molecule has 7 nitrogen and oxygen atoms in total. The van der Waals surface area contributed by atoms with E-state index in [4.69, 9.17) is 0 Å². The zero-order chi connectivity index (χ0) is 10.6. The summed E-state index contributed by atoms with van der Waals surface area (Å²) in [6, 6.07) is 8.08. The molecule has 1 aromatic rings. The van der Waals surface area contributed by atoms with Gasteiger partial charge in [-0.05, 0) is 12.1 Å². The zero-order valence-electron chi connectivity index (χ0n) is 6.91. The molecule has 0 saturated carbocycles. The van der Waals surface area contributed by atoms with Gasteiger partial charge in [0, 0.05) is 14.9 Å². The fourth-order valence-corrected chi connectivity index (χ4v) is 1.55. The van der Waals surface area contributed by atoms with Crippen molar-refractivity contribution in [1.29, 1.82) is 0 Å². The number of nitrogens with zero attached hydrogens (tertiary/aromatic N) is 2. The Bertz CT molecular complexity index is 330. The third-order valence-electron chi connectivity index (χ3n) is 1.38. The van der Waals surface area contributed by atoms with E-state index in [2.05, 4.69) is 4.98 Å². The number of nitrogens with one attached hydrogen (secondary N) is 1. The van der Waals surface area contributed by atoms with Gasteiger partial charge in [0.05, 0.1) is 0 Å². The summed E-state index contributed by atoms with van der Waals surface area (Å²) in [5.74, 6) is 0. The van der Waals surface area contributed by atoms with Crippen LogP contribution in [0.25, 0.3) is 0 Å². The van der Waals surface area contributed by atoms with Crippen LogP contribution in [0.1, 0.15) is 0 Å². The predicted octanol–water partition coefficient (Wildman–Crippen LogP) is 0.637. The van der Waals surface area contributed by atoms with Crippen molar-refractivity contribution in [1.82, 2.24) is 0 Å². The highest BCUT2D eigenvalue weighted by Gasteiger charge is 2.54. The molecule has 0 unspecified atom stereocenters. The van der Waals surface area contributed by atoms with E-state index in [0.717, 1.165) is 0 Å². The highest BCUT2D eigenvalue weighted by molar-refractivity contribution is 6.45. The van der Waals surface area contributed by atoms with Crippen LogP contribution in [-0.2, 0) is 0 Å². The Morgan fingerprint density at radius 3 is 2.00 bits per heavy atom. The van der Waals surface area contributed by atoms with Gasteiger partial charge in [-0.2, -0.15) is 0 Å². The number of hydrogen-bond donors (Lipinski definition) is 1. The van der Waals surface area contributed by atoms with Gasteiger partial charge in [0.15, 0.2) is 0 Å². The highest BCUT2D eigenvalue weighted by Crippen LogP contribution is 2.05. The second kappa shape index (κ2) is 4.32. The van der Waals surface area contributed by atoms with E-state index in [1.165, 1.54) is 12.1 Å². The lowest BCUT2D eigenvalue weighted by Crippen LogP contribution is -2.42. The van der Waals surface area contributed by atoms with Crippen molar-refractivity contribution in [3.63, 3.8) is 0 Å². The average molecular weight is 212 g/mol. The Morgan fingerprint density at radius 1 is 1.07 bits per heavy atom. The fourth-order valence-electron chi connectivity index (χ4n) is 0.809. The molecule has 0 aliphatic heterocycles. The van der Waals surface area contributed by atoms with Gasteiger partial charge in [-0.1, -0.05) is 18.2 Å². The van der Waals surface area contributed by atoms with Gasteiger partial charge >= 0.3 is 9.28 Å². The van der Waals surface area contributed by atoms with E-state index in [0.29, 0.717) is 5.69 Å². The third kappa shape index (κ3) is 2.52. The molecule has 0 spiro atoms. The summed E-state index contributed by atoms with van der Waals surface area (Å²) in [4.78, 5) is 22.9. The third-order valence-corrected chi connectivity index (χ3v) is 2.58. The number of nitro groups is 2. The maximum Gasteiger partial charge on any atom is 1.08 e. The Hall–Kier alpha value is -1.96. The van der Waals surface area contributed by atoms with Crippen molar-refractivity contribution >= 4 is 15.0 Å². The van der Waals surface area contributed by atoms with Crippen molar-refractivity contribution in [2.24, 2.45) is 0 Å². The molecule has 0 heterocycles. The fraction of sp³-hybridized carbons (Fsp3) is 0. The minimum atomic E-state index is -3.04. The maximum atomic E-state index is 10.3. The molecular weight excluding hydrogens is 206 g/mol. The number of para-hydroxylation sites is 1. The average Bonchev–Trinajstić information content (AvgIpc) is 2.15. The predicted molar refractivity (Wildman–Crippen MR) is 49.8 cm³/mol. The van der Waals surface area contributed by atoms with E-state index >= 15 is 0 Å². The van der Waals surface area contributed by atoms with Crippen LogP contribution in [0, 0.1) is 20.2 Å². The van der Waals surface area contributed by atoms with Crippen LogP contribution < -0.4 is 4.98 Å². The van der Waals surface area contributed by atoms with Gasteiger partial charge in [-0.3, -0.25) is 25.2 Å². The monoisotopic (exact) mass is 212 g/mol. The molecule has 0 fully saturated rings. The van der Waals surface area contributed by atoms with Crippen LogP contribution in [0.15, 0.2) is 30.3 Å². The lowest BCUT2D eigenvalue weighted by atomic mass is 10.3. The van der Waals surface area contributed by atoms with Gasteiger partial charge in [-0.15, -0.1) is 0 Å². The lowest BCUT2D eigenvalue weighted by molar-refractivity contribution is -0.468. The second-order valence-corrected chi connectivity index (χ2v) is 3.96. The van der Waals surface area contributed by atoms with Gasteiger partial charge in [-0.25, -0.2) is 0 Å². The van der Waals surface area contributed by atoms with E-state index in [1.54, 1.807) is 18.2 Å². The summed E-state index contributed by atoms with van der Waals surface area (Å²) >= 11 is 0. The van der Waals surface area contributed by atoms with Crippen LogP contribution in [0.3, 0.4) is 0 Å². The van der Waals surface area contributed by atoms with Crippen molar-refractivity contribution < 1.29 is 9.18 Å². The van der Waals surface area contributed by atoms with E-state index in [-0.39, 0.29) is 0 Å². The summed E-state index contributed by atoms with van der Waals surface area (Å²) in [5.41, 5.74) is 0.384. The molecule has 0 amide bonds. The quantitative estimate of drug-likeness (QED) is 0.448. The molecule has 0 aliphatic carbocycles. The topological polar surface area (TPSA) is 98.3 Å². The normalized spacial score (nSPS) is 9.79. The number of hydrogen-bond acceptors (Lipinski definition) is 5. The molecule has 1 N–H and O–H groups in total. The number of anilines is 1. The van der Waals surface area contributed by atoms with Crippen molar-refractivity contribution in [2.75, 3.05) is 4.98 Å². The molecule has 0 bridgehead atoms. The first-order chi connectivity index (χ1) is 6.61. The summed E-state index contributed by atoms with van der Waals surface area (Å²) in [6.07, 6.45) is 0. The van der Waals surface area contributed by atoms with Crippen LogP contribution in [0.4, 0.5) is 5.69 Å². The van der Waals surface area contributed by atoms with Gasteiger partial charge < -0.3 is 0 Å². The molecule has 73 valence electrons. The molecule has 1 aromatic carbocycles. The molecule has 1 radical (unpaired) electrons. The second-order valence-electron chi connectivity index (χ2n) is 2.33. The van der Waals surface area contributed by atoms with Crippen molar-refractivity contribution in [3.05, 3.63) is 50.6 Å². The van der Waals surface area contributed by atoms with Crippen molar-refractivity contribution in [2.45, 2.75) is 0 Å². The van der Waals surface area contributed by atoms with Crippen LogP contribution >= 0.6 is 0 Å². The number of rotatable bonds is 4. The first-order valence-electron chi connectivity index (χ1n) is 3.59. The largest absolute Gasteiger partial charge is 1.08 e. The molecule has 0 aliphatic rings. The summed E-state index contributed by atoms with van der Waals surface area (Å²) < 4.78 is -1.78. The molecule has 1 rings (SSSR count). The van der Waals surface area contributed by atoms with Crippen LogP contribution in [0.5, 0.6) is 0 Å². The standard InChI is InChI=1S/C6H6N3O4Si/c10-8(11)14(9(12)13)7-6-4-2-1-3-5-6/h1-5,7H. The minimum absolute atomic E-state index is 0.384. The minimum Gasteiger partial charge on any atom is -0.284 e. The molecule has 14 heavy (non-hydrogen) atoms. The van der Waals surface area contributed by atoms with Crippen LogP contribution in [-0.4, -0.2) is 18.5 Å². The van der Waals surface area contributed by atoms with Gasteiger partial charge in [0.2, 0.25) is 0 Å². The van der Waals surface area contributed by atoms with E-state index in [1.807, 2.05) is 0 Å². The summed E-state index contributed by atoms with van der Waals surface area (Å²) in [7, 11) is -3.04. The summed E-state index contributed by atoms with van der Waals surface area (Å²) in [6.45, 7) is 0. The lowest BCUT2D eigenvalue weighted by Gasteiger charge is -1.98. The van der Waals surface area contributed by atoms with E-state index < -0.39 is 18.5 Å². The Kier molecular flexibility index (Phi) is 3.13. The van der Waals surface area contributed by atoms with Gasteiger partial charge in [0.25, 0.3) is 0 Å². The Balaban J connectivity index is 2.75. The summed E-state index contributed by atoms with van der Waals surface area (Å²) in [5, 5.41) is 20.6. The molecule has 8 heteroatoms. The van der Waals surface area contributed by atoms with Crippen molar-refractivity contribution in [3.8, 4) is 0 Å². The Labute approximate surface area is 80.5 Å².